The number of hydrogen-bond acceptors (Lipinski definition) is 4. The van der Waals surface area contributed by atoms with Crippen LogP contribution < -0.4 is 10.5 Å². The first kappa shape index (κ1) is 13.9. The molecule has 0 radical (unpaired) electrons. The first-order chi connectivity index (χ1) is 7.95. The average Bonchev–Trinajstić information content (AvgIpc) is 2.29. The van der Waals surface area contributed by atoms with Crippen LogP contribution in [0.15, 0.2) is 17.0 Å². The summed E-state index contributed by atoms with van der Waals surface area (Å²) in [6.45, 7) is 3.93. The molecule has 1 atom stereocenters. The number of carboxylic acid groups (broad SMARTS) is 1. The average molecular weight is 255 g/mol. The fraction of sp³-hybridized carbons (Fsp3) is 0.417. The standard InChI is InChI=1S/C12H17NO3S/c1-7-5-11(8(2)4-10(7)16-3)17-6-9(13)12(14)15/h4-5,9H,6,13H2,1-3H3,(H,14,15). The van der Waals surface area contributed by atoms with E-state index >= 15 is 0 Å². The van der Waals surface area contributed by atoms with Gasteiger partial charge >= 0.3 is 5.97 Å². The Morgan fingerprint density at radius 1 is 1.47 bits per heavy atom. The summed E-state index contributed by atoms with van der Waals surface area (Å²) in [5.41, 5.74) is 7.56. The number of nitrogens with two attached hydrogens (primary N) is 1. The van der Waals surface area contributed by atoms with Gasteiger partial charge in [-0.1, -0.05) is 0 Å². The van der Waals surface area contributed by atoms with Gasteiger partial charge in [0.2, 0.25) is 0 Å². The molecule has 1 unspecified atom stereocenters. The van der Waals surface area contributed by atoms with Crippen molar-refractivity contribution < 1.29 is 14.6 Å². The molecular formula is C12H17NO3S. The van der Waals surface area contributed by atoms with E-state index in [1.165, 1.54) is 11.8 Å². The molecule has 0 saturated heterocycles. The number of carboxylic acids is 1. The number of rotatable bonds is 5. The lowest BCUT2D eigenvalue weighted by molar-refractivity contribution is -0.137. The highest BCUT2D eigenvalue weighted by atomic mass is 32.2. The molecule has 0 heterocycles. The molecule has 0 aromatic heterocycles. The topological polar surface area (TPSA) is 72.5 Å². The van der Waals surface area contributed by atoms with Gasteiger partial charge in [0.25, 0.3) is 0 Å². The van der Waals surface area contributed by atoms with E-state index in [1.54, 1.807) is 7.11 Å². The third-order valence-corrected chi connectivity index (χ3v) is 3.70. The molecule has 0 fully saturated rings. The first-order valence-corrected chi connectivity index (χ1v) is 6.20. The lowest BCUT2D eigenvalue weighted by atomic mass is 10.1. The zero-order valence-electron chi connectivity index (χ0n) is 10.2. The molecule has 0 bridgehead atoms. The highest BCUT2D eigenvalue weighted by molar-refractivity contribution is 7.99. The monoisotopic (exact) mass is 255 g/mol. The van der Waals surface area contributed by atoms with Gasteiger partial charge in [0.05, 0.1) is 7.11 Å². The van der Waals surface area contributed by atoms with Gasteiger partial charge in [-0.15, -0.1) is 11.8 Å². The van der Waals surface area contributed by atoms with Gasteiger partial charge in [-0.25, -0.2) is 0 Å². The minimum atomic E-state index is -0.972. The fourth-order valence-corrected chi connectivity index (χ4v) is 2.44. The van der Waals surface area contributed by atoms with Crippen LogP contribution in [0.5, 0.6) is 5.75 Å². The molecule has 3 N–H and O–H groups in total. The van der Waals surface area contributed by atoms with Crippen LogP contribution in [0.2, 0.25) is 0 Å². The van der Waals surface area contributed by atoms with E-state index in [0.717, 1.165) is 21.8 Å². The molecule has 0 spiro atoms. The maximum atomic E-state index is 10.6. The van der Waals surface area contributed by atoms with E-state index in [2.05, 4.69) is 0 Å². The number of aliphatic carboxylic acids is 1. The number of benzene rings is 1. The normalized spacial score (nSPS) is 12.2. The van der Waals surface area contributed by atoms with Crippen molar-refractivity contribution in [2.24, 2.45) is 5.73 Å². The Bertz CT molecular complexity index is 420. The van der Waals surface area contributed by atoms with Crippen LogP contribution in [0.1, 0.15) is 11.1 Å². The van der Waals surface area contributed by atoms with Crippen molar-refractivity contribution in [1.82, 2.24) is 0 Å². The minimum Gasteiger partial charge on any atom is -0.496 e. The second-order valence-corrected chi connectivity index (χ2v) is 4.90. The van der Waals surface area contributed by atoms with Crippen LogP contribution in [0.3, 0.4) is 0 Å². The largest absolute Gasteiger partial charge is 0.496 e. The summed E-state index contributed by atoms with van der Waals surface area (Å²) in [6.07, 6.45) is 0. The van der Waals surface area contributed by atoms with Gasteiger partial charge in [0, 0.05) is 10.6 Å². The molecule has 0 saturated carbocycles. The summed E-state index contributed by atoms with van der Waals surface area (Å²) in [4.78, 5) is 11.7. The summed E-state index contributed by atoms with van der Waals surface area (Å²) in [6, 6.07) is 3.11. The SMILES string of the molecule is COc1cc(C)c(SCC(N)C(=O)O)cc1C. The summed E-state index contributed by atoms with van der Waals surface area (Å²) >= 11 is 1.46. The number of thioether (sulfide) groups is 1. The van der Waals surface area contributed by atoms with E-state index < -0.39 is 12.0 Å². The second kappa shape index (κ2) is 5.93. The van der Waals surface area contributed by atoms with Crippen molar-refractivity contribution in [3.63, 3.8) is 0 Å². The van der Waals surface area contributed by atoms with Crippen molar-refractivity contribution in [1.29, 1.82) is 0 Å². The number of ether oxygens (including phenoxy) is 1. The Labute approximate surface area is 105 Å². The van der Waals surface area contributed by atoms with E-state index in [1.807, 2.05) is 26.0 Å². The molecular weight excluding hydrogens is 238 g/mol. The van der Waals surface area contributed by atoms with Gasteiger partial charge in [0.15, 0.2) is 0 Å². The zero-order valence-corrected chi connectivity index (χ0v) is 11.0. The molecule has 94 valence electrons. The maximum Gasteiger partial charge on any atom is 0.321 e. The molecule has 0 aliphatic rings. The Morgan fingerprint density at radius 2 is 2.12 bits per heavy atom. The minimum absolute atomic E-state index is 0.363. The maximum absolute atomic E-state index is 10.6. The third kappa shape index (κ3) is 3.64. The summed E-state index contributed by atoms with van der Waals surface area (Å²) in [7, 11) is 1.63. The van der Waals surface area contributed by atoms with E-state index in [9.17, 15) is 4.79 Å². The fourth-order valence-electron chi connectivity index (χ4n) is 1.39. The molecule has 17 heavy (non-hydrogen) atoms. The molecule has 5 heteroatoms. The van der Waals surface area contributed by atoms with Gasteiger partial charge in [-0.05, 0) is 37.1 Å². The van der Waals surface area contributed by atoms with E-state index in [4.69, 9.17) is 15.6 Å². The van der Waals surface area contributed by atoms with Crippen molar-refractivity contribution in [3.8, 4) is 5.75 Å². The molecule has 1 aromatic rings. The zero-order chi connectivity index (χ0) is 13.0. The van der Waals surface area contributed by atoms with Crippen molar-refractivity contribution >= 4 is 17.7 Å². The lowest BCUT2D eigenvalue weighted by Crippen LogP contribution is -2.32. The highest BCUT2D eigenvalue weighted by Gasteiger charge is 2.13. The Morgan fingerprint density at radius 3 is 2.65 bits per heavy atom. The van der Waals surface area contributed by atoms with Crippen molar-refractivity contribution in [2.75, 3.05) is 12.9 Å². The van der Waals surface area contributed by atoms with Crippen LogP contribution in [-0.4, -0.2) is 30.0 Å². The quantitative estimate of drug-likeness (QED) is 0.785. The van der Waals surface area contributed by atoms with Gasteiger partial charge in [-0.2, -0.15) is 0 Å². The second-order valence-electron chi connectivity index (χ2n) is 3.84. The van der Waals surface area contributed by atoms with E-state index in [-0.39, 0.29) is 0 Å². The van der Waals surface area contributed by atoms with Crippen molar-refractivity contribution in [3.05, 3.63) is 23.3 Å². The van der Waals surface area contributed by atoms with Gasteiger partial charge in [0.1, 0.15) is 11.8 Å². The predicted octanol–water partition coefficient (Wildman–Crippen LogP) is 1.82. The highest BCUT2D eigenvalue weighted by Crippen LogP contribution is 2.29. The van der Waals surface area contributed by atoms with Crippen LogP contribution in [0, 0.1) is 13.8 Å². The molecule has 4 nitrogen and oxygen atoms in total. The summed E-state index contributed by atoms with van der Waals surface area (Å²) in [5, 5.41) is 8.71. The Kier molecular flexibility index (Phi) is 4.84. The lowest BCUT2D eigenvalue weighted by Gasteiger charge is -2.12. The first-order valence-electron chi connectivity index (χ1n) is 5.22. The Hall–Kier alpha value is -1.20. The molecule has 0 aliphatic heterocycles. The summed E-state index contributed by atoms with van der Waals surface area (Å²) < 4.78 is 5.22. The van der Waals surface area contributed by atoms with Crippen LogP contribution >= 0.6 is 11.8 Å². The Balaban J connectivity index is 2.78. The van der Waals surface area contributed by atoms with Crippen LogP contribution in [-0.2, 0) is 4.79 Å². The smallest absolute Gasteiger partial charge is 0.321 e. The predicted molar refractivity (Wildman–Crippen MR) is 68.8 cm³/mol. The molecule has 1 aromatic carbocycles. The van der Waals surface area contributed by atoms with Gasteiger partial charge in [-0.3, -0.25) is 4.79 Å². The van der Waals surface area contributed by atoms with Gasteiger partial charge < -0.3 is 15.6 Å². The van der Waals surface area contributed by atoms with Crippen molar-refractivity contribution in [2.45, 2.75) is 24.8 Å². The number of hydrogen-bond donors (Lipinski definition) is 2. The molecule has 0 amide bonds. The summed E-state index contributed by atoms with van der Waals surface area (Å²) in [5.74, 6) is 0.233. The molecule has 0 aliphatic carbocycles. The number of methoxy groups -OCH3 is 1. The molecule has 1 rings (SSSR count). The number of aryl methyl sites for hydroxylation is 2. The van der Waals surface area contributed by atoms with Crippen LogP contribution in [0.4, 0.5) is 0 Å². The number of carbonyl (C=O) groups is 1. The van der Waals surface area contributed by atoms with Crippen LogP contribution in [0.25, 0.3) is 0 Å². The van der Waals surface area contributed by atoms with E-state index in [0.29, 0.717) is 5.75 Å². The third-order valence-electron chi connectivity index (χ3n) is 2.43.